The number of phenols is 1. The first kappa shape index (κ1) is 21.5. The number of ether oxygens (including phenoxy) is 1. The molecule has 3 aromatic rings. The van der Waals surface area contributed by atoms with E-state index in [1.165, 1.54) is 12.1 Å². The van der Waals surface area contributed by atoms with Crippen LogP contribution >= 0.6 is 0 Å². The molecule has 32 heavy (non-hydrogen) atoms. The van der Waals surface area contributed by atoms with Crippen LogP contribution in [0.25, 0.3) is 11.3 Å². The lowest BCUT2D eigenvalue weighted by Gasteiger charge is -2.25. The third-order valence-electron chi connectivity index (χ3n) is 5.57. The predicted molar refractivity (Wildman–Crippen MR) is 116 cm³/mol. The molecule has 1 aromatic heterocycles. The van der Waals surface area contributed by atoms with E-state index in [-0.39, 0.29) is 24.1 Å². The van der Waals surface area contributed by atoms with Gasteiger partial charge in [-0.05, 0) is 66.8 Å². The van der Waals surface area contributed by atoms with Crippen LogP contribution < -0.4 is 15.8 Å². The van der Waals surface area contributed by atoms with Gasteiger partial charge >= 0.3 is 0 Å². The fraction of sp³-hybridized carbons (Fsp3) is 0.250. The van der Waals surface area contributed by atoms with Crippen molar-refractivity contribution >= 4 is 5.82 Å². The van der Waals surface area contributed by atoms with E-state index in [4.69, 9.17) is 10.5 Å². The number of rotatable bonds is 5. The summed E-state index contributed by atoms with van der Waals surface area (Å²) < 4.78 is 32.5. The van der Waals surface area contributed by atoms with Gasteiger partial charge in [0.1, 0.15) is 30.0 Å². The lowest BCUT2D eigenvalue weighted by molar-refractivity contribution is 0.304. The van der Waals surface area contributed by atoms with Gasteiger partial charge in [0.2, 0.25) is 0 Å². The van der Waals surface area contributed by atoms with Crippen molar-refractivity contribution in [3.05, 3.63) is 70.8 Å². The SMILES string of the molecule is N#Cc1c(C2CCCNC2)cc(-c2c(O)cccc2OCc2ccc(F)c(F)c2)nc1N. The van der Waals surface area contributed by atoms with Gasteiger partial charge in [-0.1, -0.05) is 12.1 Å². The average Bonchev–Trinajstić information content (AvgIpc) is 2.80. The predicted octanol–water partition coefficient (Wildman–Crippen LogP) is 4.23. The first-order valence-electron chi connectivity index (χ1n) is 10.3. The molecule has 1 aliphatic rings. The van der Waals surface area contributed by atoms with Crippen LogP contribution in [0.15, 0.2) is 42.5 Å². The highest BCUT2D eigenvalue weighted by Gasteiger charge is 2.24. The molecular weight excluding hydrogens is 414 g/mol. The monoisotopic (exact) mass is 436 g/mol. The molecule has 0 saturated carbocycles. The number of nitriles is 1. The van der Waals surface area contributed by atoms with Crippen molar-refractivity contribution in [2.45, 2.75) is 25.4 Å². The Bertz CT molecular complexity index is 1190. The summed E-state index contributed by atoms with van der Waals surface area (Å²) in [4.78, 5) is 4.36. The zero-order valence-corrected chi connectivity index (χ0v) is 17.2. The van der Waals surface area contributed by atoms with Crippen LogP contribution in [0.5, 0.6) is 11.5 Å². The number of phenolic OH excluding ortho intramolecular Hbond substituents is 1. The number of nitrogens with two attached hydrogens (primary N) is 1. The summed E-state index contributed by atoms with van der Waals surface area (Å²) in [7, 11) is 0. The van der Waals surface area contributed by atoms with Gasteiger partial charge in [0.05, 0.1) is 16.8 Å². The molecule has 2 heterocycles. The number of hydrogen-bond donors (Lipinski definition) is 3. The first-order valence-corrected chi connectivity index (χ1v) is 10.3. The van der Waals surface area contributed by atoms with E-state index >= 15 is 0 Å². The molecule has 1 fully saturated rings. The van der Waals surface area contributed by atoms with Gasteiger partial charge in [0.15, 0.2) is 11.6 Å². The summed E-state index contributed by atoms with van der Waals surface area (Å²) in [5.41, 5.74) is 8.35. The summed E-state index contributed by atoms with van der Waals surface area (Å²) in [5, 5.41) is 23.6. The number of halogens is 2. The highest BCUT2D eigenvalue weighted by Crippen LogP contribution is 2.40. The van der Waals surface area contributed by atoms with E-state index in [9.17, 15) is 19.1 Å². The maximum absolute atomic E-state index is 13.5. The van der Waals surface area contributed by atoms with E-state index in [0.717, 1.165) is 43.6 Å². The van der Waals surface area contributed by atoms with E-state index in [1.54, 1.807) is 18.2 Å². The van der Waals surface area contributed by atoms with Gasteiger partial charge in [-0.25, -0.2) is 13.8 Å². The van der Waals surface area contributed by atoms with Crippen LogP contribution in [-0.2, 0) is 6.61 Å². The second-order valence-corrected chi connectivity index (χ2v) is 7.70. The van der Waals surface area contributed by atoms with Gasteiger partial charge in [-0.2, -0.15) is 5.26 Å². The number of nitrogen functional groups attached to an aromatic ring is 1. The molecule has 6 nitrogen and oxygen atoms in total. The van der Waals surface area contributed by atoms with E-state index in [0.29, 0.717) is 28.1 Å². The number of aromatic nitrogens is 1. The van der Waals surface area contributed by atoms with Crippen molar-refractivity contribution in [3.8, 4) is 28.8 Å². The minimum atomic E-state index is -0.963. The number of nitrogens with one attached hydrogen (secondary N) is 1. The molecule has 0 spiro atoms. The van der Waals surface area contributed by atoms with Crippen LogP contribution in [0, 0.1) is 23.0 Å². The number of piperidine rings is 1. The molecule has 164 valence electrons. The second-order valence-electron chi connectivity index (χ2n) is 7.70. The highest BCUT2D eigenvalue weighted by molar-refractivity contribution is 5.76. The molecular formula is C24H22F2N4O2. The Morgan fingerprint density at radius 2 is 2.06 bits per heavy atom. The maximum Gasteiger partial charge on any atom is 0.159 e. The zero-order valence-electron chi connectivity index (χ0n) is 17.2. The molecule has 0 radical (unpaired) electrons. The Morgan fingerprint density at radius 3 is 2.78 bits per heavy atom. The number of nitrogens with zero attached hydrogens (tertiary/aromatic N) is 2. The second kappa shape index (κ2) is 9.20. The summed E-state index contributed by atoms with van der Waals surface area (Å²) >= 11 is 0. The number of hydrogen-bond acceptors (Lipinski definition) is 6. The highest BCUT2D eigenvalue weighted by atomic mass is 19.2. The molecule has 0 amide bonds. The summed E-state index contributed by atoms with van der Waals surface area (Å²) in [6.45, 7) is 1.60. The van der Waals surface area contributed by atoms with Gasteiger partial charge in [0.25, 0.3) is 0 Å². The van der Waals surface area contributed by atoms with Crippen molar-refractivity contribution in [1.82, 2.24) is 10.3 Å². The van der Waals surface area contributed by atoms with Crippen molar-refractivity contribution in [3.63, 3.8) is 0 Å². The van der Waals surface area contributed by atoms with Crippen molar-refractivity contribution in [1.29, 1.82) is 5.26 Å². The fourth-order valence-corrected chi connectivity index (χ4v) is 3.96. The Hall–Kier alpha value is -3.70. The lowest BCUT2D eigenvalue weighted by Crippen LogP contribution is -2.29. The molecule has 8 heteroatoms. The third kappa shape index (κ3) is 4.34. The Balaban J connectivity index is 1.72. The largest absolute Gasteiger partial charge is 0.507 e. The average molecular weight is 436 g/mol. The smallest absolute Gasteiger partial charge is 0.159 e. The van der Waals surface area contributed by atoms with E-state index < -0.39 is 11.6 Å². The quantitative estimate of drug-likeness (QED) is 0.553. The number of pyridine rings is 1. The summed E-state index contributed by atoms with van der Waals surface area (Å²) in [6, 6.07) is 12.2. The number of anilines is 1. The molecule has 0 bridgehead atoms. The van der Waals surface area contributed by atoms with Crippen molar-refractivity contribution in [2.24, 2.45) is 0 Å². The van der Waals surface area contributed by atoms with Crippen LogP contribution in [-0.4, -0.2) is 23.2 Å². The van der Waals surface area contributed by atoms with Crippen LogP contribution in [0.3, 0.4) is 0 Å². The number of aromatic hydroxyl groups is 1. The molecule has 1 saturated heterocycles. The van der Waals surface area contributed by atoms with E-state index in [1.807, 2.05) is 0 Å². The number of benzene rings is 2. The summed E-state index contributed by atoms with van der Waals surface area (Å²) in [5.74, 6) is -1.49. The Kier molecular flexibility index (Phi) is 6.19. The standard InChI is InChI=1S/C24H22F2N4O2/c25-18-7-6-14(9-19(18)26)13-32-22-5-1-4-21(31)23(22)20-10-16(15-3-2-8-29-12-15)17(11-27)24(28)30-20/h1,4-7,9-10,15,29,31H,2-3,8,12-13H2,(H2,28,30). The van der Waals surface area contributed by atoms with Gasteiger partial charge < -0.3 is 20.9 Å². The normalized spacial score (nSPS) is 15.8. The topological polar surface area (TPSA) is 104 Å². The van der Waals surface area contributed by atoms with Crippen LogP contribution in [0.2, 0.25) is 0 Å². The Labute approximate surface area is 184 Å². The van der Waals surface area contributed by atoms with Gasteiger partial charge in [-0.3, -0.25) is 0 Å². The molecule has 1 unspecified atom stereocenters. The fourth-order valence-electron chi connectivity index (χ4n) is 3.96. The lowest BCUT2D eigenvalue weighted by atomic mass is 9.88. The van der Waals surface area contributed by atoms with E-state index in [2.05, 4.69) is 16.4 Å². The minimum absolute atomic E-state index is 0.0428. The maximum atomic E-state index is 13.5. The zero-order chi connectivity index (χ0) is 22.7. The molecule has 1 aliphatic heterocycles. The Morgan fingerprint density at radius 1 is 1.22 bits per heavy atom. The van der Waals surface area contributed by atoms with Crippen molar-refractivity contribution < 1.29 is 18.6 Å². The van der Waals surface area contributed by atoms with Crippen LogP contribution in [0.4, 0.5) is 14.6 Å². The molecule has 4 N–H and O–H groups in total. The molecule has 2 aromatic carbocycles. The summed E-state index contributed by atoms with van der Waals surface area (Å²) in [6.07, 6.45) is 1.89. The van der Waals surface area contributed by atoms with Crippen molar-refractivity contribution in [2.75, 3.05) is 18.8 Å². The van der Waals surface area contributed by atoms with Gasteiger partial charge in [-0.15, -0.1) is 0 Å². The third-order valence-corrected chi connectivity index (χ3v) is 5.57. The molecule has 1 atom stereocenters. The first-order chi connectivity index (χ1) is 15.5. The van der Waals surface area contributed by atoms with Crippen LogP contribution in [0.1, 0.15) is 35.4 Å². The minimum Gasteiger partial charge on any atom is -0.507 e. The molecule has 4 rings (SSSR count). The van der Waals surface area contributed by atoms with Gasteiger partial charge in [0, 0.05) is 6.54 Å². The molecule has 0 aliphatic carbocycles.